The molecule has 0 amide bonds. The summed E-state index contributed by atoms with van der Waals surface area (Å²) < 4.78 is 6.68. The number of ether oxygens (including phenoxy) is 1. The van der Waals surface area contributed by atoms with Gasteiger partial charge in [-0.15, -0.1) is 0 Å². The first-order valence-corrected chi connectivity index (χ1v) is 5.75. The first kappa shape index (κ1) is 12.3. The maximum absolute atomic E-state index is 11.6. The van der Waals surface area contributed by atoms with Gasteiger partial charge in [-0.2, -0.15) is 5.10 Å². The number of hydrogen-bond donors (Lipinski definition) is 0. The fourth-order valence-corrected chi connectivity index (χ4v) is 1.70. The number of aromatic nitrogens is 3. The summed E-state index contributed by atoms with van der Waals surface area (Å²) in [6, 6.07) is 3.54. The zero-order valence-corrected chi connectivity index (χ0v) is 10.7. The third-order valence-corrected chi connectivity index (χ3v) is 2.58. The third-order valence-electron chi connectivity index (χ3n) is 2.58. The van der Waals surface area contributed by atoms with Gasteiger partial charge in [0, 0.05) is 18.8 Å². The van der Waals surface area contributed by atoms with E-state index < -0.39 is 0 Å². The second kappa shape index (κ2) is 5.00. The molecule has 0 aromatic carbocycles. The molecular weight excluding hydrogens is 230 g/mol. The molecule has 0 atom stereocenters. The van der Waals surface area contributed by atoms with Gasteiger partial charge in [-0.3, -0.25) is 9.67 Å². The van der Waals surface area contributed by atoms with Gasteiger partial charge in [0.25, 0.3) is 0 Å². The van der Waals surface area contributed by atoms with E-state index in [1.807, 2.05) is 13.2 Å². The largest absolute Gasteiger partial charge is 0.462 e. The molecule has 0 N–H and O–H groups in total. The van der Waals surface area contributed by atoms with Gasteiger partial charge >= 0.3 is 5.97 Å². The average molecular weight is 245 g/mol. The highest BCUT2D eigenvalue weighted by Crippen LogP contribution is 2.18. The molecule has 0 unspecified atom stereocenters. The summed E-state index contributed by atoms with van der Waals surface area (Å²) in [4.78, 5) is 16.0. The van der Waals surface area contributed by atoms with Gasteiger partial charge in [0.1, 0.15) is 0 Å². The van der Waals surface area contributed by atoms with Crippen LogP contribution in [0.3, 0.4) is 0 Å². The maximum Gasteiger partial charge on any atom is 0.339 e. The van der Waals surface area contributed by atoms with Crippen LogP contribution in [-0.2, 0) is 11.8 Å². The summed E-state index contributed by atoms with van der Waals surface area (Å²) in [5.41, 5.74) is 2.89. The van der Waals surface area contributed by atoms with Crippen molar-refractivity contribution in [3.63, 3.8) is 0 Å². The molecule has 0 aliphatic rings. The van der Waals surface area contributed by atoms with E-state index in [4.69, 9.17) is 4.74 Å². The summed E-state index contributed by atoms with van der Waals surface area (Å²) in [7, 11) is 1.85. The number of esters is 1. The van der Waals surface area contributed by atoms with Crippen molar-refractivity contribution in [1.29, 1.82) is 0 Å². The Labute approximate surface area is 105 Å². The van der Waals surface area contributed by atoms with E-state index in [1.165, 1.54) is 0 Å². The van der Waals surface area contributed by atoms with Crippen LogP contribution in [0.15, 0.2) is 24.5 Å². The van der Waals surface area contributed by atoms with Crippen molar-refractivity contribution in [3.05, 3.63) is 35.8 Å². The van der Waals surface area contributed by atoms with Gasteiger partial charge in [0.05, 0.1) is 29.8 Å². The number of pyridine rings is 1. The molecule has 0 spiro atoms. The first-order valence-electron chi connectivity index (χ1n) is 5.75. The second-order valence-corrected chi connectivity index (χ2v) is 3.95. The summed E-state index contributed by atoms with van der Waals surface area (Å²) in [6.07, 6.45) is 3.62. The normalized spacial score (nSPS) is 10.4. The summed E-state index contributed by atoms with van der Waals surface area (Å²) >= 11 is 0. The average Bonchev–Trinajstić information content (AvgIpc) is 2.76. The number of nitrogens with zero attached hydrogens (tertiary/aromatic N) is 3. The van der Waals surface area contributed by atoms with Gasteiger partial charge in [0.15, 0.2) is 0 Å². The Hall–Kier alpha value is -2.17. The number of aryl methyl sites for hydroxylation is 2. The van der Waals surface area contributed by atoms with Crippen LogP contribution < -0.4 is 0 Å². The lowest BCUT2D eigenvalue weighted by atomic mass is 10.1. The van der Waals surface area contributed by atoms with Crippen LogP contribution in [0, 0.1) is 6.92 Å². The molecule has 5 nitrogen and oxygen atoms in total. The molecular formula is C13H15N3O2. The van der Waals surface area contributed by atoms with Crippen LogP contribution in [0.1, 0.15) is 23.0 Å². The van der Waals surface area contributed by atoms with Crippen LogP contribution in [-0.4, -0.2) is 27.3 Å². The minimum atomic E-state index is -0.333. The monoisotopic (exact) mass is 245 g/mol. The fraction of sp³-hybridized carbons (Fsp3) is 0.308. The van der Waals surface area contributed by atoms with Crippen molar-refractivity contribution in [1.82, 2.24) is 14.8 Å². The second-order valence-electron chi connectivity index (χ2n) is 3.95. The molecule has 2 aromatic rings. The van der Waals surface area contributed by atoms with Crippen LogP contribution in [0.4, 0.5) is 0 Å². The van der Waals surface area contributed by atoms with Crippen molar-refractivity contribution < 1.29 is 9.53 Å². The van der Waals surface area contributed by atoms with E-state index in [2.05, 4.69) is 10.1 Å². The van der Waals surface area contributed by atoms with Gasteiger partial charge in [-0.1, -0.05) is 0 Å². The quantitative estimate of drug-likeness (QED) is 0.776. The Morgan fingerprint density at radius 3 is 2.78 bits per heavy atom. The smallest absolute Gasteiger partial charge is 0.339 e. The van der Waals surface area contributed by atoms with Crippen LogP contribution in [0.5, 0.6) is 0 Å². The first-order chi connectivity index (χ1) is 8.61. The summed E-state index contributed by atoms with van der Waals surface area (Å²) in [5.74, 6) is -0.333. The molecule has 0 bridgehead atoms. The van der Waals surface area contributed by atoms with E-state index >= 15 is 0 Å². The van der Waals surface area contributed by atoms with Crippen molar-refractivity contribution in [2.75, 3.05) is 6.61 Å². The molecule has 94 valence electrons. The molecule has 2 aromatic heterocycles. The maximum atomic E-state index is 11.6. The summed E-state index contributed by atoms with van der Waals surface area (Å²) in [5, 5.41) is 4.09. The Bertz CT molecular complexity index is 575. The number of carbonyl (C=O) groups is 1. The Kier molecular flexibility index (Phi) is 3.41. The molecule has 0 fully saturated rings. The van der Waals surface area contributed by atoms with Gasteiger partial charge in [0.2, 0.25) is 0 Å². The highest BCUT2D eigenvalue weighted by atomic mass is 16.5. The topological polar surface area (TPSA) is 57.0 Å². The number of carbonyl (C=O) groups excluding carboxylic acids is 1. The lowest BCUT2D eigenvalue weighted by molar-refractivity contribution is 0.0525. The number of hydrogen-bond acceptors (Lipinski definition) is 4. The molecule has 5 heteroatoms. The predicted octanol–water partition coefficient (Wildman–Crippen LogP) is 1.97. The van der Waals surface area contributed by atoms with Gasteiger partial charge < -0.3 is 4.74 Å². The lowest BCUT2D eigenvalue weighted by Crippen LogP contribution is -2.08. The Morgan fingerprint density at radius 2 is 2.22 bits per heavy atom. The molecule has 0 saturated carbocycles. The van der Waals surface area contributed by atoms with Crippen molar-refractivity contribution in [2.24, 2.45) is 7.05 Å². The minimum Gasteiger partial charge on any atom is -0.462 e. The third kappa shape index (κ3) is 2.40. The zero-order valence-electron chi connectivity index (χ0n) is 10.7. The Balaban J connectivity index is 2.33. The van der Waals surface area contributed by atoms with Crippen molar-refractivity contribution >= 4 is 5.97 Å². The highest BCUT2D eigenvalue weighted by Gasteiger charge is 2.12. The zero-order chi connectivity index (χ0) is 13.1. The standard InChI is InChI=1S/C13H15N3O2/c1-4-18-13(17)11-5-6-12(15-9(11)2)10-7-14-16(3)8-10/h5-8H,4H2,1-3H3. The molecule has 2 heterocycles. The van der Waals surface area contributed by atoms with E-state index in [9.17, 15) is 4.79 Å². The Morgan fingerprint density at radius 1 is 1.44 bits per heavy atom. The van der Waals surface area contributed by atoms with Crippen LogP contribution in [0.25, 0.3) is 11.3 Å². The molecule has 0 aliphatic carbocycles. The van der Waals surface area contributed by atoms with E-state index in [0.717, 1.165) is 11.3 Å². The van der Waals surface area contributed by atoms with Crippen molar-refractivity contribution in [3.8, 4) is 11.3 Å². The predicted molar refractivity (Wildman–Crippen MR) is 67.1 cm³/mol. The molecule has 0 saturated heterocycles. The van der Waals surface area contributed by atoms with E-state index in [-0.39, 0.29) is 5.97 Å². The van der Waals surface area contributed by atoms with Crippen molar-refractivity contribution in [2.45, 2.75) is 13.8 Å². The van der Waals surface area contributed by atoms with E-state index in [1.54, 1.807) is 36.9 Å². The highest BCUT2D eigenvalue weighted by molar-refractivity contribution is 5.90. The number of rotatable bonds is 3. The van der Waals surface area contributed by atoms with E-state index in [0.29, 0.717) is 17.9 Å². The van der Waals surface area contributed by atoms with Crippen LogP contribution in [0.2, 0.25) is 0 Å². The lowest BCUT2D eigenvalue weighted by Gasteiger charge is -2.06. The van der Waals surface area contributed by atoms with Gasteiger partial charge in [-0.05, 0) is 26.0 Å². The van der Waals surface area contributed by atoms with Crippen LogP contribution >= 0.6 is 0 Å². The van der Waals surface area contributed by atoms with Gasteiger partial charge in [-0.25, -0.2) is 4.79 Å². The molecule has 18 heavy (non-hydrogen) atoms. The minimum absolute atomic E-state index is 0.333. The summed E-state index contributed by atoms with van der Waals surface area (Å²) in [6.45, 7) is 3.94. The SMILES string of the molecule is CCOC(=O)c1ccc(-c2cnn(C)c2)nc1C. The molecule has 0 aliphatic heterocycles. The molecule has 2 rings (SSSR count). The molecule has 0 radical (unpaired) electrons. The fourth-order valence-electron chi connectivity index (χ4n) is 1.70.